The average Bonchev–Trinajstić information content (AvgIpc) is 3.03. The van der Waals surface area contributed by atoms with Crippen molar-refractivity contribution in [3.8, 4) is 5.75 Å². The first-order valence-corrected chi connectivity index (χ1v) is 12.1. The van der Waals surface area contributed by atoms with Gasteiger partial charge in [0.25, 0.3) is 0 Å². The molecule has 2 aromatic carbocycles. The quantitative estimate of drug-likeness (QED) is 0.512. The topological polar surface area (TPSA) is 67.4 Å². The summed E-state index contributed by atoms with van der Waals surface area (Å²) in [5.41, 5.74) is 3.61. The molecule has 2 atom stereocenters. The van der Waals surface area contributed by atoms with Gasteiger partial charge in [-0.2, -0.15) is 0 Å². The van der Waals surface area contributed by atoms with Crippen molar-refractivity contribution < 1.29 is 13.2 Å². The van der Waals surface area contributed by atoms with E-state index >= 15 is 0 Å². The Morgan fingerprint density at radius 3 is 2.70 bits per heavy atom. The highest BCUT2D eigenvalue weighted by atomic mass is 35.5. The zero-order chi connectivity index (χ0) is 21.1. The molecule has 0 spiro atoms. The van der Waals surface area contributed by atoms with E-state index in [1.54, 1.807) is 0 Å². The number of thiol groups is 1. The fourth-order valence-electron chi connectivity index (χ4n) is 4.84. The molecule has 2 N–H and O–H groups in total. The van der Waals surface area contributed by atoms with E-state index in [0.717, 1.165) is 42.9 Å². The first-order chi connectivity index (χ1) is 14.5. The summed E-state index contributed by atoms with van der Waals surface area (Å²) in [4.78, 5) is 0. The first-order valence-electron chi connectivity index (χ1n) is 10.6. The van der Waals surface area contributed by atoms with E-state index in [9.17, 15) is 8.42 Å². The molecular formula is C23H29ClN2O3S. The largest absolute Gasteiger partial charge is 0.494 e. The van der Waals surface area contributed by atoms with Crippen molar-refractivity contribution in [2.24, 2.45) is 0 Å². The molecule has 2 aromatic rings. The fraction of sp³-hybridized carbons (Fsp3) is 0.478. The number of hydrogen-bond donors (Lipinski definition) is 3. The van der Waals surface area contributed by atoms with Crippen LogP contribution in [0.3, 0.4) is 0 Å². The van der Waals surface area contributed by atoms with E-state index in [-0.39, 0.29) is 5.54 Å². The maximum Gasteiger partial charge on any atom is 0.201 e. The SMILES string of the molecule is CNC1Cc2ccc(OCCC3(N[SH](=O)=O)CCC3)cc2C1Cc1cccc(Cl)c1. The molecule has 2 aliphatic rings. The van der Waals surface area contributed by atoms with Gasteiger partial charge in [0.2, 0.25) is 10.9 Å². The Hall–Kier alpha value is -1.60. The predicted molar refractivity (Wildman–Crippen MR) is 121 cm³/mol. The fourth-order valence-corrected chi connectivity index (χ4v) is 5.78. The highest BCUT2D eigenvalue weighted by Gasteiger charge is 2.37. The molecule has 1 fully saturated rings. The summed E-state index contributed by atoms with van der Waals surface area (Å²) in [6, 6.07) is 14.8. The molecule has 5 nitrogen and oxygen atoms in total. The Bertz CT molecular complexity index is 967. The molecule has 2 aliphatic carbocycles. The van der Waals surface area contributed by atoms with Crippen LogP contribution in [0, 0.1) is 0 Å². The van der Waals surface area contributed by atoms with Crippen molar-refractivity contribution >= 4 is 22.5 Å². The Balaban J connectivity index is 1.45. The second-order valence-corrected chi connectivity index (χ2v) is 9.68. The predicted octanol–water partition coefficient (Wildman–Crippen LogP) is 3.62. The molecule has 4 rings (SSSR count). The van der Waals surface area contributed by atoms with Crippen LogP contribution >= 0.6 is 11.6 Å². The van der Waals surface area contributed by atoms with E-state index in [1.165, 1.54) is 16.7 Å². The second-order valence-electron chi connectivity index (χ2n) is 8.50. The maximum absolute atomic E-state index is 11.1. The van der Waals surface area contributed by atoms with Crippen LogP contribution in [-0.4, -0.2) is 33.7 Å². The van der Waals surface area contributed by atoms with Crippen LogP contribution in [0.4, 0.5) is 0 Å². The van der Waals surface area contributed by atoms with Crippen LogP contribution in [0.1, 0.15) is 48.3 Å². The van der Waals surface area contributed by atoms with E-state index in [4.69, 9.17) is 16.3 Å². The Morgan fingerprint density at radius 1 is 1.20 bits per heavy atom. The van der Waals surface area contributed by atoms with Gasteiger partial charge < -0.3 is 10.1 Å². The molecule has 0 amide bonds. The molecule has 0 saturated heterocycles. The van der Waals surface area contributed by atoms with E-state index in [1.807, 2.05) is 31.3 Å². The van der Waals surface area contributed by atoms with Gasteiger partial charge in [0.05, 0.1) is 6.61 Å². The van der Waals surface area contributed by atoms with Crippen molar-refractivity contribution in [3.05, 3.63) is 64.2 Å². The van der Waals surface area contributed by atoms with Crippen molar-refractivity contribution in [3.63, 3.8) is 0 Å². The van der Waals surface area contributed by atoms with Crippen LogP contribution in [0.15, 0.2) is 42.5 Å². The Labute approximate surface area is 185 Å². The number of nitrogens with one attached hydrogen (secondary N) is 2. The molecule has 2 unspecified atom stereocenters. The van der Waals surface area contributed by atoms with Crippen molar-refractivity contribution in [1.29, 1.82) is 0 Å². The summed E-state index contributed by atoms with van der Waals surface area (Å²) in [6.45, 7) is 0.503. The summed E-state index contributed by atoms with van der Waals surface area (Å²) in [5, 5.41) is 4.24. The van der Waals surface area contributed by atoms with Gasteiger partial charge in [0.15, 0.2) is 0 Å². The molecule has 0 bridgehead atoms. The second kappa shape index (κ2) is 9.27. The minimum Gasteiger partial charge on any atom is -0.494 e. The van der Waals surface area contributed by atoms with E-state index < -0.39 is 10.9 Å². The molecular weight excluding hydrogens is 420 g/mol. The third-order valence-corrected chi connectivity index (χ3v) is 7.54. The number of halogens is 1. The minimum absolute atomic E-state index is 0.307. The third kappa shape index (κ3) is 4.83. The zero-order valence-corrected chi connectivity index (χ0v) is 18.8. The van der Waals surface area contributed by atoms with Gasteiger partial charge >= 0.3 is 0 Å². The molecule has 0 aromatic heterocycles. The van der Waals surface area contributed by atoms with Crippen LogP contribution < -0.4 is 14.8 Å². The van der Waals surface area contributed by atoms with E-state index in [0.29, 0.717) is 25.0 Å². The van der Waals surface area contributed by atoms with E-state index in [2.05, 4.69) is 28.2 Å². The molecule has 0 radical (unpaired) electrons. The normalized spacial score (nSPS) is 22.0. The van der Waals surface area contributed by atoms with Gasteiger partial charge in [-0.15, -0.1) is 0 Å². The third-order valence-electron chi connectivity index (χ3n) is 6.65. The van der Waals surface area contributed by atoms with Crippen LogP contribution in [0.2, 0.25) is 5.02 Å². The lowest BCUT2D eigenvalue weighted by atomic mass is 9.75. The maximum atomic E-state index is 11.1. The molecule has 0 aliphatic heterocycles. The summed E-state index contributed by atoms with van der Waals surface area (Å²) >= 11 is 6.19. The van der Waals surface area contributed by atoms with Crippen molar-refractivity contribution in [2.75, 3.05) is 13.7 Å². The minimum atomic E-state index is -2.58. The smallest absolute Gasteiger partial charge is 0.201 e. The monoisotopic (exact) mass is 448 g/mol. The number of likely N-dealkylation sites (N-methyl/N-ethyl adjacent to an activating group) is 1. The first kappa shape index (κ1) is 21.6. The van der Waals surface area contributed by atoms with Gasteiger partial charge in [0.1, 0.15) is 5.75 Å². The van der Waals surface area contributed by atoms with Gasteiger partial charge in [0, 0.05) is 28.9 Å². The van der Waals surface area contributed by atoms with Gasteiger partial charge in [-0.1, -0.05) is 29.8 Å². The highest BCUT2D eigenvalue weighted by molar-refractivity contribution is 7.70. The number of rotatable bonds is 9. The number of hydrogen-bond acceptors (Lipinski definition) is 4. The van der Waals surface area contributed by atoms with Crippen LogP contribution in [0.5, 0.6) is 5.75 Å². The molecule has 7 heteroatoms. The van der Waals surface area contributed by atoms with Gasteiger partial charge in [-0.25, -0.2) is 13.1 Å². The Morgan fingerprint density at radius 2 is 2.03 bits per heavy atom. The number of benzene rings is 2. The number of fused-ring (bicyclic) bond motifs is 1. The molecule has 0 heterocycles. The molecule has 1 saturated carbocycles. The Kier molecular flexibility index (Phi) is 6.68. The number of ether oxygens (including phenoxy) is 1. The molecule has 162 valence electrons. The standard InChI is InChI=1S/C23H29ClN2O3S/c1-25-22-14-17-6-7-19(29-11-10-23(8-3-9-23)26-30(27)28)15-20(17)21(22)13-16-4-2-5-18(24)12-16/h2,4-7,12,15,21-22,25,30H,3,8-11,13-14H2,1H3,(H,26,27,28). The highest BCUT2D eigenvalue weighted by Crippen LogP contribution is 2.39. The summed E-state index contributed by atoms with van der Waals surface area (Å²) in [5.74, 6) is 1.21. The summed E-state index contributed by atoms with van der Waals surface area (Å²) < 4.78 is 31.0. The lowest BCUT2D eigenvalue weighted by molar-refractivity contribution is 0.166. The van der Waals surface area contributed by atoms with Crippen molar-refractivity contribution in [2.45, 2.75) is 56.0 Å². The lowest BCUT2D eigenvalue weighted by Crippen LogP contribution is -2.51. The van der Waals surface area contributed by atoms with Crippen LogP contribution in [-0.2, 0) is 23.7 Å². The molecule has 30 heavy (non-hydrogen) atoms. The zero-order valence-electron chi connectivity index (χ0n) is 17.2. The summed E-state index contributed by atoms with van der Waals surface area (Å²) in [6.07, 6.45) is 5.45. The van der Waals surface area contributed by atoms with Crippen LogP contribution in [0.25, 0.3) is 0 Å². The average molecular weight is 449 g/mol. The van der Waals surface area contributed by atoms with Gasteiger partial charge in [-0.3, -0.25) is 0 Å². The summed E-state index contributed by atoms with van der Waals surface area (Å²) in [7, 11) is -0.561. The lowest BCUT2D eigenvalue weighted by Gasteiger charge is -2.40. The van der Waals surface area contributed by atoms with Gasteiger partial charge in [-0.05, 0) is 80.1 Å². The van der Waals surface area contributed by atoms with Crippen molar-refractivity contribution in [1.82, 2.24) is 10.0 Å².